The summed E-state index contributed by atoms with van der Waals surface area (Å²) < 4.78 is 15.3. The zero-order valence-corrected chi connectivity index (χ0v) is 13.2. The van der Waals surface area contributed by atoms with Crippen LogP contribution in [0.5, 0.6) is 5.75 Å². The first-order valence-electron chi connectivity index (χ1n) is 6.93. The van der Waals surface area contributed by atoms with Gasteiger partial charge in [0, 0.05) is 0 Å². The zero-order valence-electron chi connectivity index (χ0n) is 12.5. The molecule has 1 atom stereocenters. The molecule has 0 saturated heterocycles. The summed E-state index contributed by atoms with van der Waals surface area (Å²) in [5.41, 5.74) is 0. The van der Waals surface area contributed by atoms with Crippen molar-refractivity contribution in [3.05, 3.63) is 53.4 Å². The first-order chi connectivity index (χ1) is 11.1. The molecular formula is C16H16ClNO5. The van der Waals surface area contributed by atoms with Gasteiger partial charge < -0.3 is 19.2 Å². The smallest absolute Gasteiger partial charge is 0.344 e. The number of benzene rings is 1. The van der Waals surface area contributed by atoms with Gasteiger partial charge in [0.15, 0.2) is 12.7 Å². The molecule has 6 nitrogen and oxygen atoms in total. The molecule has 1 amide bonds. The number of furan rings is 1. The van der Waals surface area contributed by atoms with Gasteiger partial charge in [-0.3, -0.25) is 4.79 Å². The first kappa shape index (κ1) is 16.9. The van der Waals surface area contributed by atoms with Crippen molar-refractivity contribution in [1.29, 1.82) is 0 Å². The van der Waals surface area contributed by atoms with Crippen molar-refractivity contribution in [2.45, 2.75) is 19.6 Å². The van der Waals surface area contributed by atoms with Crippen molar-refractivity contribution in [2.75, 3.05) is 6.61 Å². The molecule has 23 heavy (non-hydrogen) atoms. The van der Waals surface area contributed by atoms with Crippen molar-refractivity contribution in [3.8, 4) is 5.75 Å². The van der Waals surface area contributed by atoms with Crippen molar-refractivity contribution < 1.29 is 23.5 Å². The average Bonchev–Trinajstić information content (AvgIpc) is 3.05. The predicted octanol–water partition coefficient (Wildman–Crippen LogP) is 2.56. The predicted molar refractivity (Wildman–Crippen MR) is 83.1 cm³/mol. The molecule has 0 aliphatic heterocycles. The molecule has 1 N–H and O–H groups in total. The Kier molecular flexibility index (Phi) is 6.05. The van der Waals surface area contributed by atoms with Gasteiger partial charge in [-0.1, -0.05) is 23.7 Å². The average molecular weight is 338 g/mol. The van der Waals surface area contributed by atoms with Crippen molar-refractivity contribution in [3.63, 3.8) is 0 Å². The Morgan fingerprint density at radius 2 is 2.04 bits per heavy atom. The van der Waals surface area contributed by atoms with Crippen LogP contribution in [-0.2, 0) is 20.9 Å². The minimum Gasteiger partial charge on any atom is -0.480 e. The van der Waals surface area contributed by atoms with Crippen LogP contribution < -0.4 is 10.1 Å². The SMILES string of the molecule is C[C@H](OC(=O)COc1ccccc1Cl)C(=O)NCc1ccco1. The van der Waals surface area contributed by atoms with E-state index in [1.54, 1.807) is 36.4 Å². The third-order valence-corrected chi connectivity index (χ3v) is 3.19. The highest BCUT2D eigenvalue weighted by Gasteiger charge is 2.18. The van der Waals surface area contributed by atoms with E-state index < -0.39 is 18.0 Å². The second-order valence-corrected chi connectivity index (χ2v) is 5.06. The standard InChI is InChI=1S/C16H16ClNO5/c1-11(16(20)18-9-12-5-4-8-21-12)23-15(19)10-22-14-7-3-2-6-13(14)17/h2-8,11H,9-10H2,1H3,(H,18,20)/t11-/m0/s1. The van der Waals surface area contributed by atoms with Gasteiger partial charge in [0.1, 0.15) is 11.5 Å². The van der Waals surface area contributed by atoms with Crippen LogP contribution >= 0.6 is 11.6 Å². The van der Waals surface area contributed by atoms with E-state index in [1.165, 1.54) is 13.2 Å². The highest BCUT2D eigenvalue weighted by atomic mass is 35.5. The molecule has 0 spiro atoms. The molecule has 2 aromatic rings. The number of halogens is 1. The maximum atomic E-state index is 11.8. The molecule has 0 unspecified atom stereocenters. The maximum absolute atomic E-state index is 11.8. The Labute approximate surface area is 138 Å². The van der Waals surface area contributed by atoms with E-state index in [4.69, 9.17) is 25.5 Å². The summed E-state index contributed by atoms with van der Waals surface area (Å²) in [7, 11) is 0. The molecule has 1 aromatic carbocycles. The molecule has 122 valence electrons. The number of carbonyl (C=O) groups is 2. The molecule has 0 aliphatic rings. The van der Waals surface area contributed by atoms with Gasteiger partial charge >= 0.3 is 5.97 Å². The summed E-state index contributed by atoms with van der Waals surface area (Å²) in [5, 5.41) is 2.99. The molecule has 1 aromatic heterocycles. The zero-order chi connectivity index (χ0) is 16.7. The second kappa shape index (κ2) is 8.24. The first-order valence-corrected chi connectivity index (χ1v) is 7.31. The van der Waals surface area contributed by atoms with Gasteiger partial charge in [0.05, 0.1) is 17.8 Å². The van der Waals surface area contributed by atoms with Gasteiger partial charge in [-0.05, 0) is 31.2 Å². The number of carbonyl (C=O) groups excluding carboxylic acids is 2. The summed E-state index contributed by atoms with van der Waals surface area (Å²) >= 11 is 5.90. The van der Waals surface area contributed by atoms with Gasteiger partial charge in [0.25, 0.3) is 5.91 Å². The Morgan fingerprint density at radius 3 is 2.74 bits per heavy atom. The lowest BCUT2D eigenvalue weighted by Crippen LogP contribution is -2.36. The van der Waals surface area contributed by atoms with Gasteiger partial charge in [0.2, 0.25) is 0 Å². The Bertz CT molecular complexity index is 656. The fourth-order valence-corrected chi connectivity index (χ4v) is 1.90. The monoisotopic (exact) mass is 337 g/mol. The molecule has 0 aliphatic carbocycles. The van der Waals surface area contributed by atoms with Crippen LogP contribution in [0.15, 0.2) is 47.1 Å². The number of esters is 1. The van der Waals surface area contributed by atoms with Gasteiger partial charge in [-0.25, -0.2) is 4.79 Å². The topological polar surface area (TPSA) is 77.8 Å². The molecule has 0 bridgehead atoms. The molecule has 1 heterocycles. The molecule has 2 rings (SSSR count). The van der Waals surface area contributed by atoms with Crippen LogP contribution in [0.3, 0.4) is 0 Å². The largest absolute Gasteiger partial charge is 0.480 e. The van der Waals surface area contributed by atoms with Crippen LogP contribution in [0.1, 0.15) is 12.7 Å². The highest BCUT2D eigenvalue weighted by Crippen LogP contribution is 2.22. The van der Waals surface area contributed by atoms with Crippen molar-refractivity contribution >= 4 is 23.5 Å². The number of hydrogen-bond donors (Lipinski definition) is 1. The van der Waals surface area contributed by atoms with E-state index in [0.29, 0.717) is 16.5 Å². The number of para-hydroxylation sites is 1. The summed E-state index contributed by atoms with van der Waals surface area (Å²) in [5.74, 6) is -0.0990. The summed E-state index contributed by atoms with van der Waals surface area (Å²) in [6.45, 7) is 1.37. The van der Waals surface area contributed by atoms with Crippen LogP contribution in [0.2, 0.25) is 5.02 Å². The van der Waals surface area contributed by atoms with E-state index in [1.807, 2.05) is 0 Å². The quantitative estimate of drug-likeness (QED) is 0.786. The highest BCUT2D eigenvalue weighted by molar-refractivity contribution is 6.32. The number of hydrogen-bond acceptors (Lipinski definition) is 5. The van der Waals surface area contributed by atoms with E-state index in [9.17, 15) is 9.59 Å². The van der Waals surface area contributed by atoms with E-state index in [0.717, 1.165) is 0 Å². The molecule has 7 heteroatoms. The van der Waals surface area contributed by atoms with Crippen LogP contribution in [-0.4, -0.2) is 24.6 Å². The minimum atomic E-state index is -0.938. The van der Waals surface area contributed by atoms with E-state index in [-0.39, 0.29) is 13.2 Å². The Balaban J connectivity index is 1.73. The van der Waals surface area contributed by atoms with Gasteiger partial charge in [-0.15, -0.1) is 0 Å². The maximum Gasteiger partial charge on any atom is 0.344 e. The third-order valence-electron chi connectivity index (χ3n) is 2.88. The van der Waals surface area contributed by atoms with Crippen molar-refractivity contribution in [1.82, 2.24) is 5.32 Å². The van der Waals surface area contributed by atoms with Crippen molar-refractivity contribution in [2.24, 2.45) is 0 Å². The summed E-state index contributed by atoms with van der Waals surface area (Å²) in [6, 6.07) is 10.2. The van der Waals surface area contributed by atoms with Crippen LogP contribution in [0, 0.1) is 0 Å². The van der Waals surface area contributed by atoms with Gasteiger partial charge in [-0.2, -0.15) is 0 Å². The Hall–Kier alpha value is -2.47. The summed E-state index contributed by atoms with van der Waals surface area (Å²) in [4.78, 5) is 23.5. The lowest BCUT2D eigenvalue weighted by atomic mass is 10.3. The number of rotatable bonds is 7. The number of amides is 1. The Morgan fingerprint density at radius 1 is 1.26 bits per heavy atom. The fraction of sp³-hybridized carbons (Fsp3) is 0.250. The number of nitrogens with one attached hydrogen (secondary N) is 1. The number of ether oxygens (including phenoxy) is 2. The molecular weight excluding hydrogens is 322 g/mol. The molecule has 0 radical (unpaired) electrons. The fourth-order valence-electron chi connectivity index (χ4n) is 1.71. The van der Waals surface area contributed by atoms with Crippen LogP contribution in [0.25, 0.3) is 0 Å². The second-order valence-electron chi connectivity index (χ2n) is 4.65. The lowest BCUT2D eigenvalue weighted by Gasteiger charge is -2.13. The molecule has 0 saturated carbocycles. The lowest BCUT2D eigenvalue weighted by molar-refractivity contribution is -0.156. The van der Waals surface area contributed by atoms with E-state index in [2.05, 4.69) is 5.32 Å². The molecule has 0 fully saturated rings. The third kappa shape index (κ3) is 5.34. The van der Waals surface area contributed by atoms with Crippen LogP contribution in [0.4, 0.5) is 0 Å². The normalized spacial score (nSPS) is 11.6. The summed E-state index contributed by atoms with van der Waals surface area (Å²) in [6.07, 6.45) is 0.573. The van der Waals surface area contributed by atoms with E-state index >= 15 is 0 Å². The minimum absolute atomic E-state index is 0.226.